The van der Waals surface area contributed by atoms with Crippen molar-refractivity contribution in [2.45, 2.75) is 52.5 Å². The van der Waals surface area contributed by atoms with Gasteiger partial charge in [0.2, 0.25) is 5.91 Å². The molecule has 0 saturated heterocycles. The summed E-state index contributed by atoms with van der Waals surface area (Å²) in [5.41, 5.74) is 0.975. The van der Waals surface area contributed by atoms with E-state index in [1.807, 2.05) is 13.8 Å². The Labute approximate surface area is 112 Å². The molecule has 0 unspecified atom stereocenters. The van der Waals surface area contributed by atoms with Crippen LogP contribution in [0.1, 0.15) is 43.7 Å². The first-order chi connectivity index (χ1) is 8.71. The summed E-state index contributed by atoms with van der Waals surface area (Å²) in [4.78, 5) is 22.5. The number of hydrogen-bond acceptors (Lipinski definition) is 4. The van der Waals surface area contributed by atoms with Gasteiger partial charge in [-0.3, -0.25) is 9.59 Å². The van der Waals surface area contributed by atoms with E-state index in [0.29, 0.717) is 6.42 Å². The molecule has 0 bridgehead atoms. The normalized spacial score (nSPS) is 11.4. The van der Waals surface area contributed by atoms with E-state index in [9.17, 15) is 9.59 Å². The number of hydrogen-bond donors (Lipinski definition) is 2. The van der Waals surface area contributed by atoms with Gasteiger partial charge < -0.3 is 14.9 Å². The van der Waals surface area contributed by atoms with Gasteiger partial charge in [-0.2, -0.15) is 0 Å². The van der Waals surface area contributed by atoms with Gasteiger partial charge in [-0.15, -0.1) is 0 Å². The van der Waals surface area contributed by atoms with Crippen molar-refractivity contribution in [1.29, 1.82) is 0 Å². The smallest absolute Gasteiger partial charge is 0.305 e. The molecule has 0 saturated carbocycles. The van der Waals surface area contributed by atoms with Gasteiger partial charge in [0.15, 0.2) is 0 Å². The predicted octanol–water partition coefficient (Wildman–Crippen LogP) is 1.59. The van der Waals surface area contributed by atoms with Crippen molar-refractivity contribution >= 4 is 11.9 Å². The van der Waals surface area contributed by atoms with Crippen LogP contribution in [0.25, 0.3) is 0 Å². The van der Waals surface area contributed by atoms with E-state index in [2.05, 4.69) is 10.5 Å². The van der Waals surface area contributed by atoms with Gasteiger partial charge in [0.25, 0.3) is 0 Å². The minimum absolute atomic E-state index is 0.107. The average Bonchev–Trinajstić information content (AvgIpc) is 2.53. The van der Waals surface area contributed by atoms with Crippen molar-refractivity contribution in [2.75, 3.05) is 0 Å². The highest BCUT2D eigenvalue weighted by Crippen LogP contribution is 2.15. The summed E-state index contributed by atoms with van der Waals surface area (Å²) < 4.78 is 5.02. The molecule has 0 aliphatic rings. The van der Waals surface area contributed by atoms with Crippen molar-refractivity contribution in [2.24, 2.45) is 0 Å². The fraction of sp³-hybridized carbons (Fsp3) is 0.615. The molecule has 106 valence electrons. The quantitative estimate of drug-likeness (QED) is 0.817. The molecule has 1 rings (SSSR count). The van der Waals surface area contributed by atoms with Gasteiger partial charge in [0, 0.05) is 17.5 Å². The Hall–Kier alpha value is -1.85. The van der Waals surface area contributed by atoms with Crippen LogP contribution in [0.5, 0.6) is 0 Å². The Balaban J connectivity index is 2.50. The molecule has 0 aliphatic heterocycles. The third-order valence-corrected chi connectivity index (χ3v) is 2.85. The molecule has 1 heterocycles. The number of aliphatic carboxylic acids is 1. The number of amides is 1. The zero-order chi connectivity index (χ0) is 14.6. The number of carbonyl (C=O) groups excluding carboxylic acids is 1. The van der Waals surface area contributed by atoms with E-state index in [-0.39, 0.29) is 18.7 Å². The van der Waals surface area contributed by atoms with Crippen LogP contribution in [0, 0.1) is 13.8 Å². The van der Waals surface area contributed by atoms with Gasteiger partial charge in [-0.25, -0.2) is 0 Å². The summed E-state index contributed by atoms with van der Waals surface area (Å²) in [5, 5.41) is 15.3. The highest BCUT2D eigenvalue weighted by molar-refractivity contribution is 5.78. The van der Waals surface area contributed by atoms with Crippen LogP contribution in [0.3, 0.4) is 0 Å². The van der Waals surface area contributed by atoms with Crippen LogP contribution in [0.15, 0.2) is 4.52 Å². The summed E-state index contributed by atoms with van der Waals surface area (Å²) >= 11 is 0. The average molecular weight is 268 g/mol. The van der Waals surface area contributed by atoms with Gasteiger partial charge in [-0.05, 0) is 34.1 Å². The molecule has 6 nitrogen and oxygen atoms in total. The lowest BCUT2D eigenvalue weighted by Crippen LogP contribution is -2.45. The molecule has 0 aliphatic carbocycles. The molecule has 2 N–H and O–H groups in total. The lowest BCUT2D eigenvalue weighted by molar-refractivity contribution is -0.138. The number of rotatable bonds is 6. The molecule has 0 aromatic carbocycles. The molecule has 19 heavy (non-hydrogen) atoms. The summed E-state index contributed by atoms with van der Waals surface area (Å²) in [5.74, 6) is -0.391. The molecule has 1 aromatic heterocycles. The fourth-order valence-corrected chi connectivity index (χ4v) is 1.96. The largest absolute Gasteiger partial charge is 0.481 e. The fourth-order valence-electron chi connectivity index (χ4n) is 1.96. The predicted molar refractivity (Wildman–Crippen MR) is 68.8 cm³/mol. The van der Waals surface area contributed by atoms with E-state index < -0.39 is 11.5 Å². The SMILES string of the molecule is Cc1noc(C)c1CCC(=O)NC(C)(C)CC(=O)O. The number of aryl methyl sites for hydroxylation is 2. The van der Waals surface area contributed by atoms with Crippen molar-refractivity contribution in [1.82, 2.24) is 10.5 Å². The lowest BCUT2D eigenvalue weighted by Gasteiger charge is -2.24. The Morgan fingerprint density at radius 2 is 2.00 bits per heavy atom. The Bertz CT molecular complexity index is 457. The van der Waals surface area contributed by atoms with Gasteiger partial charge in [-0.1, -0.05) is 5.16 Å². The molecule has 0 atom stereocenters. The molecule has 0 radical (unpaired) electrons. The molecule has 1 amide bonds. The van der Waals surface area contributed by atoms with Crippen LogP contribution in [0.2, 0.25) is 0 Å². The Morgan fingerprint density at radius 3 is 2.47 bits per heavy atom. The van der Waals surface area contributed by atoms with E-state index in [4.69, 9.17) is 9.63 Å². The van der Waals surface area contributed by atoms with E-state index in [1.165, 1.54) is 0 Å². The van der Waals surface area contributed by atoms with Gasteiger partial charge >= 0.3 is 5.97 Å². The van der Waals surface area contributed by atoms with Crippen molar-refractivity contribution in [3.05, 3.63) is 17.0 Å². The zero-order valence-electron chi connectivity index (χ0n) is 11.7. The van der Waals surface area contributed by atoms with Gasteiger partial charge in [0.05, 0.1) is 12.1 Å². The third-order valence-electron chi connectivity index (χ3n) is 2.85. The first-order valence-electron chi connectivity index (χ1n) is 6.16. The maximum Gasteiger partial charge on any atom is 0.305 e. The minimum atomic E-state index is -0.934. The summed E-state index contributed by atoms with van der Waals surface area (Å²) in [6.45, 7) is 7.02. The first-order valence-corrected chi connectivity index (χ1v) is 6.16. The summed E-state index contributed by atoms with van der Waals surface area (Å²) in [6, 6.07) is 0. The van der Waals surface area contributed by atoms with Crippen molar-refractivity contribution in [3.8, 4) is 0 Å². The van der Waals surface area contributed by atoms with Gasteiger partial charge in [0.1, 0.15) is 5.76 Å². The molecule has 6 heteroatoms. The van der Waals surface area contributed by atoms with Crippen LogP contribution >= 0.6 is 0 Å². The zero-order valence-corrected chi connectivity index (χ0v) is 11.7. The standard InChI is InChI=1S/C13H20N2O4/c1-8-10(9(2)19-15-8)5-6-11(16)14-13(3,4)7-12(17)18/h5-7H2,1-4H3,(H,14,16)(H,17,18). The second-order valence-corrected chi connectivity index (χ2v) is 5.31. The van der Waals surface area contributed by atoms with Crippen LogP contribution < -0.4 is 5.32 Å². The molecular formula is C13H20N2O4. The summed E-state index contributed by atoms with van der Waals surface area (Å²) in [7, 11) is 0. The topological polar surface area (TPSA) is 92.4 Å². The van der Waals surface area contributed by atoms with Crippen molar-refractivity contribution < 1.29 is 19.2 Å². The van der Waals surface area contributed by atoms with E-state index in [1.54, 1.807) is 13.8 Å². The number of aromatic nitrogens is 1. The number of carbonyl (C=O) groups is 2. The van der Waals surface area contributed by atoms with Crippen LogP contribution in [0.4, 0.5) is 0 Å². The maximum absolute atomic E-state index is 11.8. The highest BCUT2D eigenvalue weighted by atomic mass is 16.5. The lowest BCUT2D eigenvalue weighted by atomic mass is 10.00. The monoisotopic (exact) mass is 268 g/mol. The van der Waals surface area contributed by atoms with Crippen molar-refractivity contribution in [3.63, 3.8) is 0 Å². The molecule has 0 spiro atoms. The second-order valence-electron chi connectivity index (χ2n) is 5.31. The second kappa shape index (κ2) is 5.86. The minimum Gasteiger partial charge on any atom is -0.481 e. The third kappa shape index (κ3) is 4.73. The molecule has 1 aromatic rings. The molecule has 0 fully saturated rings. The van der Waals surface area contributed by atoms with Crippen LogP contribution in [-0.4, -0.2) is 27.7 Å². The first kappa shape index (κ1) is 15.2. The Kier molecular flexibility index (Phi) is 4.69. The maximum atomic E-state index is 11.8. The number of nitrogens with zero attached hydrogens (tertiary/aromatic N) is 1. The van der Waals surface area contributed by atoms with E-state index in [0.717, 1.165) is 17.0 Å². The number of nitrogens with one attached hydrogen (secondary N) is 1. The Morgan fingerprint density at radius 1 is 1.37 bits per heavy atom. The van der Waals surface area contributed by atoms with E-state index >= 15 is 0 Å². The van der Waals surface area contributed by atoms with Crippen LogP contribution in [-0.2, 0) is 16.0 Å². The number of carboxylic acid groups (broad SMARTS) is 1. The highest BCUT2D eigenvalue weighted by Gasteiger charge is 2.23. The summed E-state index contributed by atoms with van der Waals surface area (Å²) in [6.07, 6.45) is 0.714. The number of carboxylic acids is 1. The molecular weight excluding hydrogens is 248 g/mol.